The summed E-state index contributed by atoms with van der Waals surface area (Å²) < 4.78 is 6.93. The molecule has 3 rings (SSSR count). The van der Waals surface area contributed by atoms with Crippen LogP contribution in [0, 0.1) is 10.1 Å². The second kappa shape index (κ2) is 7.10. The molecule has 1 N–H and O–H groups in total. The largest absolute Gasteiger partial charge is 0.497 e. The Morgan fingerprint density at radius 3 is 2.36 bits per heavy atom. The van der Waals surface area contributed by atoms with Crippen molar-refractivity contribution in [2.45, 2.75) is 13.2 Å². The van der Waals surface area contributed by atoms with E-state index in [-0.39, 0.29) is 12.3 Å². The molecule has 8 heteroatoms. The summed E-state index contributed by atoms with van der Waals surface area (Å²) in [5.41, 5.74) is 1.68. The van der Waals surface area contributed by atoms with Crippen LogP contribution in [0.1, 0.15) is 11.4 Å². The van der Waals surface area contributed by atoms with Gasteiger partial charge in [-0.15, -0.1) is 10.2 Å². The number of non-ortho nitro benzene ring substituents is 1. The maximum absolute atomic E-state index is 10.8. The molecule has 0 aliphatic heterocycles. The van der Waals surface area contributed by atoms with Crippen molar-refractivity contribution in [3.8, 4) is 17.1 Å². The van der Waals surface area contributed by atoms with Crippen molar-refractivity contribution in [1.29, 1.82) is 0 Å². The number of aliphatic hydroxyl groups excluding tert-OH is 1. The fourth-order valence-electron chi connectivity index (χ4n) is 2.48. The lowest BCUT2D eigenvalue weighted by atomic mass is 10.1. The van der Waals surface area contributed by atoms with Gasteiger partial charge in [0, 0.05) is 17.7 Å². The van der Waals surface area contributed by atoms with Crippen LogP contribution in [-0.2, 0) is 13.2 Å². The molecule has 3 aromatic rings. The molecule has 25 heavy (non-hydrogen) atoms. The summed E-state index contributed by atoms with van der Waals surface area (Å²) in [5, 5.41) is 28.4. The van der Waals surface area contributed by atoms with Crippen LogP contribution in [0.2, 0.25) is 0 Å². The minimum absolute atomic E-state index is 0.00681. The van der Waals surface area contributed by atoms with Gasteiger partial charge < -0.3 is 14.4 Å². The monoisotopic (exact) mass is 340 g/mol. The molecule has 1 heterocycles. The zero-order valence-corrected chi connectivity index (χ0v) is 13.5. The van der Waals surface area contributed by atoms with Gasteiger partial charge in [-0.1, -0.05) is 12.1 Å². The van der Waals surface area contributed by atoms with E-state index in [1.807, 2.05) is 24.3 Å². The van der Waals surface area contributed by atoms with Gasteiger partial charge in [-0.3, -0.25) is 10.1 Å². The predicted molar refractivity (Wildman–Crippen MR) is 90.1 cm³/mol. The van der Waals surface area contributed by atoms with Crippen molar-refractivity contribution in [3.05, 3.63) is 70.0 Å². The van der Waals surface area contributed by atoms with Crippen molar-refractivity contribution in [1.82, 2.24) is 14.8 Å². The fourth-order valence-corrected chi connectivity index (χ4v) is 2.48. The summed E-state index contributed by atoms with van der Waals surface area (Å²) in [6, 6.07) is 13.6. The summed E-state index contributed by atoms with van der Waals surface area (Å²) >= 11 is 0. The highest BCUT2D eigenvalue weighted by atomic mass is 16.6. The van der Waals surface area contributed by atoms with Crippen LogP contribution in [0.5, 0.6) is 5.75 Å². The first-order valence-corrected chi connectivity index (χ1v) is 7.53. The van der Waals surface area contributed by atoms with E-state index >= 15 is 0 Å². The Balaban J connectivity index is 1.95. The summed E-state index contributed by atoms with van der Waals surface area (Å²) in [5.74, 6) is 1.71. The van der Waals surface area contributed by atoms with Crippen molar-refractivity contribution < 1.29 is 14.8 Å². The van der Waals surface area contributed by atoms with Gasteiger partial charge >= 0.3 is 0 Å². The number of aliphatic hydroxyl groups is 1. The number of methoxy groups -OCH3 is 1. The highest BCUT2D eigenvalue weighted by Crippen LogP contribution is 2.23. The zero-order chi connectivity index (χ0) is 17.8. The summed E-state index contributed by atoms with van der Waals surface area (Å²) in [7, 11) is 1.60. The van der Waals surface area contributed by atoms with Gasteiger partial charge in [0.25, 0.3) is 5.69 Å². The molecule has 0 saturated carbocycles. The Morgan fingerprint density at radius 1 is 1.12 bits per heavy atom. The number of nitro benzene ring substituents is 1. The number of nitrogens with zero attached hydrogens (tertiary/aromatic N) is 4. The maximum atomic E-state index is 10.8. The molecule has 2 aromatic carbocycles. The van der Waals surface area contributed by atoms with Crippen LogP contribution in [0.15, 0.2) is 48.5 Å². The molecule has 0 bridgehead atoms. The van der Waals surface area contributed by atoms with Crippen molar-refractivity contribution >= 4 is 5.69 Å². The number of rotatable bonds is 6. The molecule has 0 fully saturated rings. The Kier molecular flexibility index (Phi) is 4.71. The van der Waals surface area contributed by atoms with Gasteiger partial charge in [0.15, 0.2) is 11.6 Å². The Labute approximate surface area is 143 Å². The highest BCUT2D eigenvalue weighted by molar-refractivity contribution is 5.58. The van der Waals surface area contributed by atoms with E-state index in [0.29, 0.717) is 23.8 Å². The third-order valence-electron chi connectivity index (χ3n) is 3.80. The van der Waals surface area contributed by atoms with Crippen LogP contribution in [0.25, 0.3) is 11.4 Å². The molecule has 1 aromatic heterocycles. The molecule has 0 amide bonds. The number of hydrogen-bond acceptors (Lipinski definition) is 6. The highest BCUT2D eigenvalue weighted by Gasteiger charge is 2.15. The van der Waals surface area contributed by atoms with Gasteiger partial charge in [0.05, 0.1) is 18.6 Å². The Hall–Kier alpha value is -3.26. The van der Waals surface area contributed by atoms with Crippen molar-refractivity contribution in [2.75, 3.05) is 7.11 Å². The Bertz CT molecular complexity index is 873. The second-order valence-electron chi connectivity index (χ2n) is 5.34. The number of ether oxygens (including phenoxy) is 1. The summed E-state index contributed by atoms with van der Waals surface area (Å²) in [4.78, 5) is 10.3. The first kappa shape index (κ1) is 16.6. The van der Waals surface area contributed by atoms with Gasteiger partial charge in [-0.25, -0.2) is 0 Å². The van der Waals surface area contributed by atoms with E-state index in [1.54, 1.807) is 23.8 Å². The average molecular weight is 340 g/mol. The number of benzene rings is 2. The molecule has 8 nitrogen and oxygen atoms in total. The fraction of sp³-hybridized carbons (Fsp3) is 0.176. The molecule has 0 saturated heterocycles. The van der Waals surface area contributed by atoms with Crippen LogP contribution < -0.4 is 4.74 Å². The quantitative estimate of drug-likeness (QED) is 0.546. The molecular weight excluding hydrogens is 324 g/mol. The van der Waals surface area contributed by atoms with Gasteiger partial charge in [-0.2, -0.15) is 0 Å². The molecule has 0 radical (unpaired) electrons. The maximum Gasteiger partial charge on any atom is 0.269 e. The lowest BCUT2D eigenvalue weighted by Gasteiger charge is -2.10. The number of nitro groups is 1. The molecule has 0 aliphatic rings. The Morgan fingerprint density at radius 2 is 1.80 bits per heavy atom. The third-order valence-corrected chi connectivity index (χ3v) is 3.80. The minimum Gasteiger partial charge on any atom is -0.497 e. The lowest BCUT2D eigenvalue weighted by molar-refractivity contribution is -0.384. The van der Waals surface area contributed by atoms with E-state index in [2.05, 4.69) is 10.2 Å². The van der Waals surface area contributed by atoms with Crippen LogP contribution in [0.4, 0.5) is 5.69 Å². The van der Waals surface area contributed by atoms with Crippen LogP contribution >= 0.6 is 0 Å². The molecular formula is C17H16N4O4. The smallest absolute Gasteiger partial charge is 0.269 e. The molecule has 0 spiro atoms. The normalized spacial score (nSPS) is 10.6. The van der Waals surface area contributed by atoms with Crippen LogP contribution in [-0.4, -0.2) is 31.9 Å². The molecule has 0 aliphatic carbocycles. The SMILES string of the molecule is COc1ccc(Cn2c(CO)nnc2-c2ccc([N+](=O)[O-])cc2)cc1. The molecule has 128 valence electrons. The zero-order valence-electron chi connectivity index (χ0n) is 13.5. The first-order valence-electron chi connectivity index (χ1n) is 7.53. The minimum atomic E-state index is -0.453. The summed E-state index contributed by atoms with van der Waals surface area (Å²) in [6.07, 6.45) is 0. The average Bonchev–Trinajstić information content (AvgIpc) is 3.05. The van der Waals surface area contributed by atoms with Gasteiger partial charge in [-0.05, 0) is 29.8 Å². The van der Waals surface area contributed by atoms with E-state index in [1.165, 1.54) is 12.1 Å². The van der Waals surface area contributed by atoms with Crippen LogP contribution in [0.3, 0.4) is 0 Å². The topological polar surface area (TPSA) is 103 Å². The number of hydrogen-bond donors (Lipinski definition) is 1. The van der Waals surface area contributed by atoms with Crippen molar-refractivity contribution in [3.63, 3.8) is 0 Å². The predicted octanol–water partition coefficient (Wildman–Crippen LogP) is 2.40. The first-order chi connectivity index (χ1) is 12.1. The third kappa shape index (κ3) is 3.48. The lowest BCUT2D eigenvalue weighted by Crippen LogP contribution is -2.07. The molecule has 0 atom stereocenters. The second-order valence-corrected chi connectivity index (χ2v) is 5.34. The standard InChI is InChI=1S/C17H16N4O4/c1-25-15-8-2-12(3-9-15)10-20-16(11-22)18-19-17(20)13-4-6-14(7-5-13)21(23)24/h2-9,22H,10-11H2,1H3. The molecule has 0 unspecified atom stereocenters. The van der Waals surface area contributed by atoms with E-state index in [9.17, 15) is 15.2 Å². The van der Waals surface area contributed by atoms with Gasteiger partial charge in [0.2, 0.25) is 0 Å². The summed E-state index contributed by atoms with van der Waals surface area (Å²) in [6.45, 7) is 0.204. The van der Waals surface area contributed by atoms with E-state index < -0.39 is 4.92 Å². The van der Waals surface area contributed by atoms with Gasteiger partial charge in [0.1, 0.15) is 12.4 Å². The van der Waals surface area contributed by atoms with E-state index in [4.69, 9.17) is 4.74 Å². The van der Waals surface area contributed by atoms with E-state index in [0.717, 1.165) is 11.3 Å². The van der Waals surface area contributed by atoms with Crippen molar-refractivity contribution in [2.24, 2.45) is 0 Å². The number of aromatic nitrogens is 3.